The first-order chi connectivity index (χ1) is 17.1. The van der Waals surface area contributed by atoms with Gasteiger partial charge in [0.2, 0.25) is 0 Å². The van der Waals surface area contributed by atoms with Gasteiger partial charge in [-0.2, -0.15) is 0 Å². The highest BCUT2D eigenvalue weighted by Crippen LogP contribution is 2.67. The number of fused-ring (bicyclic) bond motifs is 5. The summed E-state index contributed by atoms with van der Waals surface area (Å²) in [7, 11) is 1.47. The lowest BCUT2D eigenvalue weighted by molar-refractivity contribution is -0.169. The lowest BCUT2D eigenvalue weighted by Crippen LogP contribution is -2.57. The minimum absolute atomic E-state index is 0.0439. The molecule has 0 aromatic rings. The lowest BCUT2D eigenvalue weighted by Gasteiger charge is -2.60. The van der Waals surface area contributed by atoms with Crippen molar-refractivity contribution in [3.63, 3.8) is 0 Å². The first kappa shape index (κ1) is 30.8. The van der Waals surface area contributed by atoms with Crippen molar-refractivity contribution in [3.05, 3.63) is 0 Å². The minimum atomic E-state index is -0.230. The number of rotatable bonds is 5. The number of hydrogen-bond donors (Lipinski definition) is 0. The number of ether oxygens (including phenoxy) is 2. The van der Waals surface area contributed by atoms with Crippen molar-refractivity contribution in [1.82, 2.24) is 0 Å². The monoisotopic (exact) mass is 506 g/mol. The molecule has 36 heavy (non-hydrogen) atoms. The van der Waals surface area contributed by atoms with Crippen LogP contribution in [0.3, 0.4) is 0 Å². The number of esters is 2. The SMILES string of the molecule is CC.CC.COC(=O)CC[C@@H](C)C1CCC2C3CC(=O)C4C[C@@H](OC(C)=O)CCC4(C)C3CCC21C. The maximum absolute atomic E-state index is 13.4. The number of carbonyl (C=O) groups is 3. The van der Waals surface area contributed by atoms with Gasteiger partial charge in [0.05, 0.1) is 7.11 Å². The molecule has 5 nitrogen and oxygen atoms in total. The molecular formula is C31H54O5. The Morgan fingerprint density at radius 2 is 1.58 bits per heavy atom. The van der Waals surface area contributed by atoms with Gasteiger partial charge in [0.25, 0.3) is 0 Å². The number of hydrogen-bond acceptors (Lipinski definition) is 5. The van der Waals surface area contributed by atoms with E-state index in [0.717, 1.165) is 19.3 Å². The van der Waals surface area contributed by atoms with E-state index in [9.17, 15) is 14.4 Å². The zero-order valence-electron chi connectivity index (χ0n) is 24.7. The van der Waals surface area contributed by atoms with Crippen LogP contribution in [0.4, 0.5) is 0 Å². The van der Waals surface area contributed by atoms with Gasteiger partial charge in [-0.1, -0.05) is 48.5 Å². The smallest absolute Gasteiger partial charge is 0.305 e. The fourth-order valence-electron chi connectivity index (χ4n) is 8.97. The number of carbonyl (C=O) groups excluding carboxylic acids is 3. The summed E-state index contributed by atoms with van der Waals surface area (Å²) in [5, 5.41) is 0. The van der Waals surface area contributed by atoms with Crippen LogP contribution in [-0.4, -0.2) is 30.9 Å². The van der Waals surface area contributed by atoms with E-state index in [1.165, 1.54) is 39.7 Å². The highest BCUT2D eigenvalue weighted by molar-refractivity contribution is 5.83. The minimum Gasteiger partial charge on any atom is -0.469 e. The van der Waals surface area contributed by atoms with E-state index < -0.39 is 0 Å². The van der Waals surface area contributed by atoms with Crippen LogP contribution in [0.1, 0.15) is 120 Å². The van der Waals surface area contributed by atoms with Crippen molar-refractivity contribution in [2.45, 2.75) is 126 Å². The van der Waals surface area contributed by atoms with E-state index in [-0.39, 0.29) is 34.8 Å². The summed E-state index contributed by atoms with van der Waals surface area (Å²) < 4.78 is 10.4. The van der Waals surface area contributed by atoms with Gasteiger partial charge in [0.15, 0.2) is 0 Å². The maximum atomic E-state index is 13.4. The molecule has 4 saturated carbocycles. The first-order valence-corrected chi connectivity index (χ1v) is 14.9. The van der Waals surface area contributed by atoms with E-state index >= 15 is 0 Å². The Labute approximate surface area is 220 Å². The second-order valence-corrected chi connectivity index (χ2v) is 11.9. The van der Waals surface area contributed by atoms with Gasteiger partial charge in [-0.25, -0.2) is 0 Å². The van der Waals surface area contributed by atoms with E-state index in [1.807, 2.05) is 27.7 Å². The van der Waals surface area contributed by atoms with Gasteiger partial charge in [0, 0.05) is 25.7 Å². The molecule has 0 bridgehead atoms. The van der Waals surface area contributed by atoms with Gasteiger partial charge >= 0.3 is 11.9 Å². The Morgan fingerprint density at radius 3 is 2.19 bits per heavy atom. The summed E-state index contributed by atoms with van der Waals surface area (Å²) in [5.41, 5.74) is 0.321. The van der Waals surface area contributed by atoms with Crippen LogP contribution < -0.4 is 0 Å². The van der Waals surface area contributed by atoms with Crippen molar-refractivity contribution >= 4 is 17.7 Å². The molecule has 5 heteroatoms. The highest BCUT2D eigenvalue weighted by Gasteiger charge is 2.62. The Balaban J connectivity index is 0.00000109. The Hall–Kier alpha value is -1.39. The van der Waals surface area contributed by atoms with Crippen LogP contribution in [-0.2, 0) is 23.9 Å². The van der Waals surface area contributed by atoms with Crippen LogP contribution in [0.15, 0.2) is 0 Å². The summed E-state index contributed by atoms with van der Waals surface area (Å²) in [5.74, 6) is 2.95. The lowest BCUT2D eigenvalue weighted by atomic mass is 9.44. The molecule has 4 aliphatic rings. The van der Waals surface area contributed by atoms with Crippen LogP contribution >= 0.6 is 0 Å². The van der Waals surface area contributed by atoms with Gasteiger partial charge in [-0.15, -0.1) is 0 Å². The number of Topliss-reactive ketones (excluding diaryl/α,β-unsaturated/α-hetero) is 1. The predicted octanol–water partition coefficient (Wildman–Crippen LogP) is 7.40. The van der Waals surface area contributed by atoms with Crippen LogP contribution in [0.5, 0.6) is 0 Å². The van der Waals surface area contributed by atoms with Gasteiger partial charge in [-0.05, 0) is 91.8 Å². The molecule has 0 N–H and O–H groups in total. The molecule has 0 amide bonds. The Morgan fingerprint density at radius 1 is 0.972 bits per heavy atom. The standard InChI is InChI=1S/C27H42O5.2C2H6/c1-16(6-9-25(30)31-5)20-7-8-21-19-15-24(29)23-14-18(32-17(2)28)10-12-27(23,4)22(19)11-13-26(20,21)3;2*1-2/h16,18-23H,6-15H2,1-5H3;2*1-2H3/t16-,18+,19?,20?,21?,22?,23?,26?,27?;;/m1../s1. The summed E-state index contributed by atoms with van der Waals surface area (Å²) in [6, 6.07) is 0. The molecule has 0 radical (unpaired) electrons. The third-order valence-corrected chi connectivity index (χ3v) is 10.5. The fourth-order valence-corrected chi connectivity index (χ4v) is 8.97. The second-order valence-electron chi connectivity index (χ2n) is 11.9. The molecule has 9 atom stereocenters. The molecular weight excluding hydrogens is 452 g/mol. The molecule has 0 spiro atoms. The van der Waals surface area contributed by atoms with Crippen LogP contribution in [0.25, 0.3) is 0 Å². The molecule has 208 valence electrons. The molecule has 4 rings (SSSR count). The van der Waals surface area contributed by atoms with Gasteiger partial charge in [-0.3, -0.25) is 14.4 Å². The van der Waals surface area contributed by atoms with Crippen molar-refractivity contribution in [3.8, 4) is 0 Å². The maximum Gasteiger partial charge on any atom is 0.305 e. The summed E-state index contributed by atoms with van der Waals surface area (Å²) in [6.07, 6.45) is 9.48. The molecule has 0 aromatic carbocycles. The van der Waals surface area contributed by atoms with Crippen LogP contribution in [0, 0.1) is 46.3 Å². The van der Waals surface area contributed by atoms with E-state index in [0.29, 0.717) is 54.6 Å². The van der Waals surface area contributed by atoms with E-state index in [1.54, 1.807) is 0 Å². The Bertz CT molecular complexity index is 762. The van der Waals surface area contributed by atoms with Crippen molar-refractivity contribution in [2.24, 2.45) is 46.3 Å². The van der Waals surface area contributed by atoms with Crippen molar-refractivity contribution in [1.29, 1.82) is 0 Å². The number of ketones is 1. The molecule has 7 unspecified atom stereocenters. The zero-order chi connectivity index (χ0) is 27.3. The molecule has 0 aromatic heterocycles. The predicted molar refractivity (Wildman–Crippen MR) is 144 cm³/mol. The topological polar surface area (TPSA) is 69.7 Å². The van der Waals surface area contributed by atoms with E-state index in [2.05, 4.69) is 20.8 Å². The summed E-state index contributed by atoms with van der Waals surface area (Å²) >= 11 is 0. The largest absolute Gasteiger partial charge is 0.469 e. The molecule has 4 aliphatic carbocycles. The normalized spacial score (nSPS) is 39.5. The molecule has 0 saturated heterocycles. The first-order valence-electron chi connectivity index (χ1n) is 14.9. The summed E-state index contributed by atoms with van der Waals surface area (Å²) in [6.45, 7) is 16.6. The molecule has 0 heterocycles. The average Bonchev–Trinajstić information content (AvgIpc) is 3.23. The van der Waals surface area contributed by atoms with Crippen molar-refractivity contribution in [2.75, 3.05) is 7.11 Å². The van der Waals surface area contributed by atoms with Gasteiger partial charge in [0.1, 0.15) is 11.9 Å². The number of methoxy groups -OCH3 is 1. The average molecular weight is 507 g/mol. The second kappa shape index (κ2) is 12.9. The van der Waals surface area contributed by atoms with E-state index in [4.69, 9.17) is 9.47 Å². The fraction of sp³-hybridized carbons (Fsp3) is 0.903. The third-order valence-electron chi connectivity index (χ3n) is 10.5. The molecule has 4 fully saturated rings. The Kier molecular flexibility index (Phi) is 11.1. The van der Waals surface area contributed by atoms with Crippen molar-refractivity contribution < 1.29 is 23.9 Å². The highest BCUT2D eigenvalue weighted by atomic mass is 16.5. The van der Waals surface area contributed by atoms with Crippen LogP contribution in [0.2, 0.25) is 0 Å². The zero-order valence-corrected chi connectivity index (χ0v) is 24.7. The van der Waals surface area contributed by atoms with Gasteiger partial charge < -0.3 is 9.47 Å². The molecule has 0 aliphatic heterocycles. The quantitative estimate of drug-likeness (QED) is 0.363. The third kappa shape index (κ3) is 5.85. The summed E-state index contributed by atoms with van der Waals surface area (Å²) in [4.78, 5) is 36.6.